The lowest BCUT2D eigenvalue weighted by atomic mass is 9.65. The number of hydrogen-bond acceptors (Lipinski definition) is 3. The van der Waals surface area contributed by atoms with Gasteiger partial charge in [0.25, 0.3) is 0 Å². The van der Waals surface area contributed by atoms with Crippen LogP contribution < -0.4 is 16.2 Å². The second-order valence-corrected chi connectivity index (χ2v) is 8.79. The van der Waals surface area contributed by atoms with E-state index in [0.29, 0.717) is 28.9 Å². The van der Waals surface area contributed by atoms with E-state index in [1.54, 1.807) is 18.2 Å². The number of anilines is 2. The highest BCUT2D eigenvalue weighted by atomic mass is 16.5. The third-order valence-electron chi connectivity index (χ3n) is 6.79. The van der Waals surface area contributed by atoms with Gasteiger partial charge in [-0.1, -0.05) is 43.6 Å². The molecule has 4 rings (SSSR count). The second-order valence-electron chi connectivity index (χ2n) is 8.79. The summed E-state index contributed by atoms with van der Waals surface area (Å²) in [5.74, 6) is 4.47. The van der Waals surface area contributed by atoms with E-state index in [9.17, 15) is 0 Å². The van der Waals surface area contributed by atoms with Crippen molar-refractivity contribution in [3.8, 4) is 11.5 Å². The average Bonchev–Trinajstić information content (AvgIpc) is 2.69. The first kappa shape index (κ1) is 19.2. The van der Waals surface area contributed by atoms with E-state index in [2.05, 4.69) is 24.3 Å². The summed E-state index contributed by atoms with van der Waals surface area (Å²) < 4.78 is 5.92. The van der Waals surface area contributed by atoms with Crippen LogP contribution in [0.4, 0.5) is 11.4 Å². The van der Waals surface area contributed by atoms with Crippen LogP contribution >= 0.6 is 0 Å². The molecule has 2 aliphatic carbocycles. The van der Waals surface area contributed by atoms with Crippen LogP contribution in [0.3, 0.4) is 0 Å². The molecule has 2 saturated carbocycles. The maximum atomic E-state index is 6.08. The van der Waals surface area contributed by atoms with Gasteiger partial charge in [0.15, 0.2) is 0 Å². The van der Waals surface area contributed by atoms with E-state index >= 15 is 0 Å². The molecule has 0 aliphatic heterocycles. The van der Waals surface area contributed by atoms with Crippen molar-refractivity contribution in [2.75, 3.05) is 11.5 Å². The molecule has 0 saturated heterocycles. The van der Waals surface area contributed by atoms with Crippen LogP contribution in [-0.2, 0) is 0 Å². The maximum absolute atomic E-state index is 6.08. The number of nitrogens with two attached hydrogens (primary N) is 2. The van der Waals surface area contributed by atoms with E-state index in [4.69, 9.17) is 24.1 Å². The van der Waals surface area contributed by atoms with Crippen molar-refractivity contribution in [1.82, 2.24) is 0 Å². The van der Waals surface area contributed by atoms with Crippen molar-refractivity contribution in [3.05, 3.63) is 48.0 Å². The topological polar surface area (TPSA) is 61.3 Å². The minimum absolute atomic E-state index is 0.456. The third-order valence-corrected chi connectivity index (χ3v) is 6.79. The van der Waals surface area contributed by atoms with Gasteiger partial charge < -0.3 is 16.2 Å². The second kappa shape index (κ2) is 8.51. The lowest BCUT2D eigenvalue weighted by Gasteiger charge is -2.37. The fraction of sp³-hybridized carbons (Fsp3) is 0.500. The largest absolute Gasteiger partial charge is 0.457 e. The lowest BCUT2D eigenvalue weighted by Crippen LogP contribution is -2.24. The zero-order valence-corrected chi connectivity index (χ0v) is 16.6. The summed E-state index contributed by atoms with van der Waals surface area (Å²) in [7, 11) is 6.08. The summed E-state index contributed by atoms with van der Waals surface area (Å²) in [6, 6.07) is 13.9. The summed E-state index contributed by atoms with van der Waals surface area (Å²) in [5.41, 5.74) is 14.3. The highest BCUT2D eigenvalue weighted by Gasteiger charge is 2.30. The van der Waals surface area contributed by atoms with Crippen molar-refractivity contribution in [2.45, 2.75) is 63.1 Å². The molecular formula is C24H31BN2O. The van der Waals surface area contributed by atoms with Gasteiger partial charge in [0.2, 0.25) is 0 Å². The molecule has 3 nitrogen and oxygen atoms in total. The van der Waals surface area contributed by atoms with Gasteiger partial charge in [0.05, 0.1) is 7.85 Å². The van der Waals surface area contributed by atoms with Crippen molar-refractivity contribution < 1.29 is 4.74 Å². The van der Waals surface area contributed by atoms with Crippen LogP contribution in [0.25, 0.3) is 0 Å². The van der Waals surface area contributed by atoms with Crippen LogP contribution in [0, 0.1) is 11.8 Å². The highest BCUT2D eigenvalue weighted by molar-refractivity contribution is 6.11. The Morgan fingerprint density at radius 1 is 0.679 bits per heavy atom. The summed E-state index contributed by atoms with van der Waals surface area (Å²) in [6.45, 7) is 0. The predicted molar refractivity (Wildman–Crippen MR) is 118 cm³/mol. The van der Waals surface area contributed by atoms with Gasteiger partial charge in [-0.2, -0.15) is 0 Å². The Labute approximate surface area is 170 Å². The Bertz CT molecular complexity index is 755. The van der Waals surface area contributed by atoms with Crippen molar-refractivity contribution in [1.29, 1.82) is 0 Å². The van der Waals surface area contributed by atoms with Gasteiger partial charge >= 0.3 is 0 Å². The van der Waals surface area contributed by atoms with Gasteiger partial charge in [-0.15, -0.1) is 0 Å². The number of ether oxygens (including phenoxy) is 1. The molecule has 4 heteroatoms. The van der Waals surface area contributed by atoms with E-state index in [1.165, 1.54) is 56.9 Å². The molecular weight excluding hydrogens is 343 g/mol. The summed E-state index contributed by atoms with van der Waals surface area (Å²) in [5, 5.41) is 0. The van der Waals surface area contributed by atoms with Crippen LogP contribution in [0.2, 0.25) is 5.82 Å². The van der Waals surface area contributed by atoms with Gasteiger partial charge in [-0.3, -0.25) is 0 Å². The van der Waals surface area contributed by atoms with Gasteiger partial charge in [-0.25, -0.2) is 0 Å². The fourth-order valence-corrected chi connectivity index (χ4v) is 5.19. The molecule has 0 atom stereocenters. The molecule has 2 aromatic rings. The van der Waals surface area contributed by atoms with Crippen molar-refractivity contribution in [3.63, 3.8) is 0 Å². The Morgan fingerprint density at radius 2 is 1.21 bits per heavy atom. The molecule has 28 heavy (non-hydrogen) atoms. The van der Waals surface area contributed by atoms with Crippen LogP contribution in [0.1, 0.15) is 62.8 Å². The summed E-state index contributed by atoms with van der Waals surface area (Å²) in [4.78, 5) is 0. The minimum Gasteiger partial charge on any atom is -0.457 e. The normalized spacial score (nSPS) is 28.0. The van der Waals surface area contributed by atoms with Crippen molar-refractivity contribution in [2.24, 2.45) is 11.8 Å². The third kappa shape index (κ3) is 4.66. The minimum atomic E-state index is 0.456. The number of hydrogen-bond donors (Lipinski definition) is 2. The monoisotopic (exact) mass is 374 g/mol. The molecule has 0 spiro atoms. The van der Waals surface area contributed by atoms with Gasteiger partial charge in [0, 0.05) is 23.5 Å². The average molecular weight is 374 g/mol. The molecule has 2 aromatic carbocycles. The zero-order valence-electron chi connectivity index (χ0n) is 16.6. The lowest BCUT2D eigenvalue weighted by molar-refractivity contribution is 0.186. The molecule has 0 heterocycles. The molecule has 146 valence electrons. The first-order valence-corrected chi connectivity index (χ1v) is 10.8. The molecule has 0 aromatic heterocycles. The Morgan fingerprint density at radius 3 is 1.79 bits per heavy atom. The fourth-order valence-electron chi connectivity index (χ4n) is 5.19. The van der Waals surface area contributed by atoms with Crippen molar-refractivity contribution >= 4 is 19.2 Å². The molecule has 2 aliphatic rings. The quantitative estimate of drug-likeness (QED) is 0.505. The highest BCUT2D eigenvalue weighted by Crippen LogP contribution is 2.44. The Balaban J connectivity index is 1.32. The van der Waals surface area contributed by atoms with Gasteiger partial charge in [-0.05, 0) is 67.2 Å². The first-order chi connectivity index (χ1) is 13.6. The standard InChI is InChI=1S/C24H31BN2O/c25-20-9-5-18(6-10-20)16-1-3-17(4-2-16)19-7-11-23(12-8-19)28-24-14-21(26)13-22(27)15-24/h7-8,11-18,20H,1-6,9-10,26-27H2. The number of nitrogen functional groups attached to an aromatic ring is 2. The molecule has 2 fully saturated rings. The number of benzene rings is 2. The first-order valence-electron chi connectivity index (χ1n) is 10.8. The van der Waals surface area contributed by atoms with E-state index < -0.39 is 0 Å². The predicted octanol–water partition coefficient (Wildman–Crippen LogP) is 6.06. The molecule has 0 amide bonds. The zero-order chi connectivity index (χ0) is 19.5. The van der Waals surface area contributed by atoms with Crippen LogP contribution in [0.15, 0.2) is 42.5 Å². The van der Waals surface area contributed by atoms with Gasteiger partial charge in [0.1, 0.15) is 11.5 Å². The summed E-state index contributed by atoms with van der Waals surface area (Å²) >= 11 is 0. The molecule has 0 bridgehead atoms. The SMILES string of the molecule is [B]C1CCC(C2CCC(c3ccc(Oc4cc(N)cc(N)c4)cc3)CC2)CC1. The van der Waals surface area contributed by atoms with E-state index in [1.807, 2.05) is 0 Å². The Kier molecular flexibility index (Phi) is 5.84. The molecule has 2 radical (unpaired) electrons. The Hall–Kier alpha value is -2.10. The number of rotatable bonds is 4. The van der Waals surface area contributed by atoms with Crippen LogP contribution in [0.5, 0.6) is 11.5 Å². The van der Waals surface area contributed by atoms with E-state index in [-0.39, 0.29) is 0 Å². The van der Waals surface area contributed by atoms with E-state index in [0.717, 1.165) is 17.6 Å². The van der Waals surface area contributed by atoms with Crippen LogP contribution in [-0.4, -0.2) is 7.85 Å². The molecule has 4 N–H and O–H groups in total. The molecule has 0 unspecified atom stereocenters. The summed E-state index contributed by atoms with van der Waals surface area (Å²) in [6.07, 6.45) is 10.5. The maximum Gasteiger partial charge on any atom is 0.131 e. The smallest absolute Gasteiger partial charge is 0.131 e.